The summed E-state index contributed by atoms with van der Waals surface area (Å²) in [6.45, 7) is 4.27. The Bertz CT molecular complexity index is 275. The second kappa shape index (κ2) is 4.84. The number of methoxy groups -OCH3 is 1. The largest absolute Gasteiger partial charge is 0.494 e. The number of carbonyl (C=O) groups is 1. The van der Waals surface area contributed by atoms with E-state index < -0.39 is 0 Å². The van der Waals surface area contributed by atoms with Crippen LogP contribution in [0.15, 0.2) is 23.6 Å². The van der Waals surface area contributed by atoms with Crippen LogP contribution in [0.4, 0.5) is 0 Å². The quantitative estimate of drug-likeness (QED) is 0.744. The average Bonchev–Trinajstić information content (AvgIpc) is 2.55. The Morgan fingerprint density at radius 2 is 2.14 bits per heavy atom. The average molecular weight is 195 g/mol. The van der Waals surface area contributed by atoms with Gasteiger partial charge in [-0.05, 0) is 18.8 Å². The van der Waals surface area contributed by atoms with Crippen LogP contribution in [-0.2, 0) is 9.53 Å². The molecule has 1 amide bonds. The summed E-state index contributed by atoms with van der Waals surface area (Å²) in [6.07, 6.45) is 5.70. The predicted molar refractivity (Wildman–Crippen MR) is 55.4 cm³/mol. The Labute approximate surface area is 84.8 Å². The first-order valence-electron chi connectivity index (χ1n) is 5.00. The zero-order valence-electron chi connectivity index (χ0n) is 8.96. The highest BCUT2D eigenvalue weighted by Gasteiger charge is 2.18. The van der Waals surface area contributed by atoms with Crippen LogP contribution in [0.2, 0.25) is 0 Å². The van der Waals surface area contributed by atoms with Gasteiger partial charge in [0.05, 0.1) is 12.8 Å². The van der Waals surface area contributed by atoms with Gasteiger partial charge in [-0.3, -0.25) is 4.79 Å². The summed E-state index contributed by atoms with van der Waals surface area (Å²) < 4.78 is 5.09. The van der Waals surface area contributed by atoms with Crippen LogP contribution in [-0.4, -0.2) is 13.0 Å². The van der Waals surface area contributed by atoms with Crippen LogP contribution in [0.25, 0.3) is 0 Å². The summed E-state index contributed by atoms with van der Waals surface area (Å²) >= 11 is 0. The van der Waals surface area contributed by atoms with Crippen LogP contribution in [0.1, 0.15) is 26.7 Å². The van der Waals surface area contributed by atoms with Gasteiger partial charge >= 0.3 is 0 Å². The molecule has 14 heavy (non-hydrogen) atoms. The molecule has 1 aliphatic rings. The van der Waals surface area contributed by atoms with Crippen molar-refractivity contribution >= 4 is 5.91 Å². The topological polar surface area (TPSA) is 38.3 Å². The molecule has 0 spiro atoms. The first-order valence-corrected chi connectivity index (χ1v) is 5.00. The Hall–Kier alpha value is -1.25. The van der Waals surface area contributed by atoms with Gasteiger partial charge in [-0.15, -0.1) is 0 Å². The van der Waals surface area contributed by atoms with E-state index in [1.54, 1.807) is 7.11 Å². The number of rotatable bonds is 4. The van der Waals surface area contributed by atoms with Gasteiger partial charge in [0, 0.05) is 6.08 Å². The fourth-order valence-corrected chi connectivity index (χ4v) is 1.48. The Morgan fingerprint density at radius 3 is 2.64 bits per heavy atom. The molecule has 78 valence electrons. The first-order chi connectivity index (χ1) is 6.71. The number of hydrogen-bond donors (Lipinski definition) is 1. The van der Waals surface area contributed by atoms with E-state index in [4.69, 9.17) is 4.74 Å². The number of allylic oxidation sites excluding steroid dienone is 1. The molecule has 0 saturated carbocycles. The van der Waals surface area contributed by atoms with E-state index >= 15 is 0 Å². The maximum absolute atomic E-state index is 11.1. The molecule has 1 heterocycles. The molecule has 0 unspecified atom stereocenters. The number of ether oxygens (including phenoxy) is 1. The second-order valence-corrected chi connectivity index (χ2v) is 3.36. The van der Waals surface area contributed by atoms with Gasteiger partial charge in [0.2, 0.25) is 0 Å². The SMILES string of the molecule is CCC(C=C1NC(=O)C=C1OC)CC. The maximum atomic E-state index is 11.1. The Morgan fingerprint density at radius 1 is 1.50 bits per heavy atom. The van der Waals surface area contributed by atoms with Crippen LogP contribution in [0, 0.1) is 5.92 Å². The lowest BCUT2D eigenvalue weighted by Gasteiger charge is -2.09. The van der Waals surface area contributed by atoms with E-state index in [0.29, 0.717) is 11.7 Å². The number of nitrogens with one attached hydrogen (secondary N) is 1. The van der Waals surface area contributed by atoms with E-state index in [-0.39, 0.29) is 5.91 Å². The van der Waals surface area contributed by atoms with Crippen molar-refractivity contribution in [3.05, 3.63) is 23.6 Å². The van der Waals surface area contributed by atoms with Gasteiger partial charge in [0.25, 0.3) is 5.91 Å². The molecule has 0 atom stereocenters. The molecule has 0 aromatic carbocycles. The van der Waals surface area contributed by atoms with E-state index in [2.05, 4.69) is 25.2 Å². The molecule has 3 heteroatoms. The molecular formula is C11H17NO2. The molecule has 1 aliphatic heterocycles. The van der Waals surface area contributed by atoms with Crippen LogP contribution in [0.5, 0.6) is 0 Å². The molecule has 0 saturated heterocycles. The standard InChI is InChI=1S/C11H17NO2/c1-4-8(5-2)6-9-10(14-3)7-11(13)12-9/h6-8H,4-5H2,1-3H3,(H,12,13). The molecule has 0 fully saturated rings. The third-order valence-electron chi connectivity index (χ3n) is 2.46. The fourth-order valence-electron chi connectivity index (χ4n) is 1.48. The smallest absolute Gasteiger partial charge is 0.252 e. The molecule has 3 nitrogen and oxygen atoms in total. The highest BCUT2D eigenvalue weighted by molar-refractivity contribution is 5.94. The van der Waals surface area contributed by atoms with Crippen molar-refractivity contribution in [2.45, 2.75) is 26.7 Å². The lowest BCUT2D eigenvalue weighted by Crippen LogP contribution is -2.15. The summed E-state index contributed by atoms with van der Waals surface area (Å²) in [5, 5.41) is 2.76. The zero-order valence-corrected chi connectivity index (χ0v) is 8.96. The van der Waals surface area contributed by atoms with Crippen molar-refractivity contribution in [3.8, 4) is 0 Å². The Kier molecular flexibility index (Phi) is 3.74. The third-order valence-corrected chi connectivity index (χ3v) is 2.46. The van der Waals surface area contributed by atoms with E-state index in [9.17, 15) is 4.79 Å². The molecule has 1 N–H and O–H groups in total. The van der Waals surface area contributed by atoms with Crippen molar-refractivity contribution in [2.24, 2.45) is 5.92 Å². The molecular weight excluding hydrogens is 178 g/mol. The monoisotopic (exact) mass is 195 g/mol. The van der Waals surface area contributed by atoms with Crippen molar-refractivity contribution in [1.29, 1.82) is 0 Å². The first kappa shape index (κ1) is 10.8. The van der Waals surface area contributed by atoms with Crippen LogP contribution < -0.4 is 5.32 Å². The second-order valence-electron chi connectivity index (χ2n) is 3.36. The predicted octanol–water partition coefficient (Wildman–Crippen LogP) is 1.97. The summed E-state index contributed by atoms with van der Waals surface area (Å²) in [4.78, 5) is 11.1. The van der Waals surface area contributed by atoms with Crippen LogP contribution in [0.3, 0.4) is 0 Å². The molecule has 0 aromatic rings. The molecule has 0 aromatic heterocycles. The summed E-state index contributed by atoms with van der Waals surface area (Å²) in [5.74, 6) is 1.04. The van der Waals surface area contributed by atoms with Gasteiger partial charge in [0.1, 0.15) is 5.76 Å². The normalized spacial score (nSPS) is 18.7. The van der Waals surface area contributed by atoms with Gasteiger partial charge in [-0.2, -0.15) is 0 Å². The van der Waals surface area contributed by atoms with Gasteiger partial charge in [-0.1, -0.05) is 19.9 Å². The maximum Gasteiger partial charge on any atom is 0.252 e. The highest BCUT2D eigenvalue weighted by Crippen LogP contribution is 2.19. The van der Waals surface area contributed by atoms with Crippen LogP contribution >= 0.6 is 0 Å². The summed E-state index contributed by atoms with van der Waals surface area (Å²) in [7, 11) is 1.58. The van der Waals surface area contributed by atoms with Gasteiger partial charge < -0.3 is 10.1 Å². The lowest BCUT2D eigenvalue weighted by atomic mass is 10.0. The van der Waals surface area contributed by atoms with E-state index in [1.807, 2.05) is 0 Å². The highest BCUT2D eigenvalue weighted by atomic mass is 16.5. The minimum Gasteiger partial charge on any atom is -0.494 e. The van der Waals surface area contributed by atoms with E-state index in [1.165, 1.54) is 6.08 Å². The molecule has 1 rings (SSSR count). The molecule has 0 bridgehead atoms. The van der Waals surface area contributed by atoms with Gasteiger partial charge in [0.15, 0.2) is 0 Å². The van der Waals surface area contributed by atoms with Crippen molar-refractivity contribution in [2.75, 3.05) is 7.11 Å². The number of carbonyl (C=O) groups excluding carboxylic acids is 1. The lowest BCUT2D eigenvalue weighted by molar-refractivity contribution is -0.115. The molecule has 0 radical (unpaired) electrons. The van der Waals surface area contributed by atoms with Crippen molar-refractivity contribution < 1.29 is 9.53 Å². The zero-order chi connectivity index (χ0) is 10.6. The summed E-state index contributed by atoms with van der Waals surface area (Å²) in [6, 6.07) is 0. The van der Waals surface area contributed by atoms with Gasteiger partial charge in [-0.25, -0.2) is 0 Å². The van der Waals surface area contributed by atoms with E-state index in [0.717, 1.165) is 18.5 Å². The Balaban J connectivity index is 2.78. The minimum absolute atomic E-state index is 0.0981. The minimum atomic E-state index is -0.0981. The fraction of sp³-hybridized carbons (Fsp3) is 0.545. The number of amides is 1. The van der Waals surface area contributed by atoms with Crippen molar-refractivity contribution in [1.82, 2.24) is 5.32 Å². The third kappa shape index (κ3) is 2.37. The number of hydrogen-bond acceptors (Lipinski definition) is 2. The van der Waals surface area contributed by atoms with Crippen molar-refractivity contribution in [3.63, 3.8) is 0 Å². The summed E-state index contributed by atoms with van der Waals surface area (Å²) in [5.41, 5.74) is 0.811. The molecule has 0 aliphatic carbocycles.